The molecule has 0 radical (unpaired) electrons. The number of ether oxygens (including phenoxy) is 1. The maximum Gasteiger partial charge on any atom is 0.328 e. The van der Waals surface area contributed by atoms with Crippen LogP contribution in [-0.4, -0.2) is 50.9 Å². The summed E-state index contributed by atoms with van der Waals surface area (Å²) in [6.45, 7) is 10.2. The monoisotopic (exact) mass is 439 g/mol. The van der Waals surface area contributed by atoms with E-state index >= 15 is 0 Å². The van der Waals surface area contributed by atoms with Crippen LogP contribution in [0.5, 0.6) is 0 Å². The first kappa shape index (κ1) is 25.4. The minimum absolute atomic E-state index is 0.0485. The van der Waals surface area contributed by atoms with Crippen LogP contribution in [0.2, 0.25) is 0 Å². The molecule has 166 valence electrons. The van der Waals surface area contributed by atoms with Crippen molar-refractivity contribution in [3.8, 4) is 0 Å². The third-order valence-corrected chi connectivity index (χ3v) is 4.85. The molecule has 0 spiro atoms. The van der Waals surface area contributed by atoms with Gasteiger partial charge in [0.1, 0.15) is 11.6 Å². The molecule has 9 nitrogen and oxygen atoms in total. The summed E-state index contributed by atoms with van der Waals surface area (Å²) in [6.07, 6.45) is 0. The number of nitro groups is 1. The van der Waals surface area contributed by atoms with E-state index in [1.165, 1.54) is 30.9 Å². The zero-order chi connectivity index (χ0) is 23.1. The van der Waals surface area contributed by atoms with Crippen LogP contribution in [-0.2, 0) is 14.3 Å². The summed E-state index contributed by atoms with van der Waals surface area (Å²) in [7, 11) is 0. The van der Waals surface area contributed by atoms with E-state index in [1.54, 1.807) is 39.8 Å². The van der Waals surface area contributed by atoms with Crippen LogP contribution in [0.15, 0.2) is 24.3 Å². The first-order valence-electron chi connectivity index (χ1n) is 9.49. The summed E-state index contributed by atoms with van der Waals surface area (Å²) in [4.78, 5) is 48.2. The van der Waals surface area contributed by atoms with Crippen molar-refractivity contribution in [2.45, 2.75) is 59.2 Å². The molecule has 0 aromatic heterocycles. The number of rotatable bonds is 8. The second kappa shape index (κ2) is 11.0. The molecule has 0 fully saturated rings. The normalized spacial score (nSPS) is 13.1. The Labute approximate surface area is 180 Å². The Morgan fingerprint density at radius 2 is 1.77 bits per heavy atom. The number of esters is 1. The fourth-order valence-corrected chi connectivity index (χ4v) is 3.11. The van der Waals surface area contributed by atoms with Crippen molar-refractivity contribution in [3.63, 3.8) is 0 Å². The molecule has 0 heterocycles. The number of non-ortho nitro benzene ring substituents is 1. The number of nitro benzene ring substituents is 1. The van der Waals surface area contributed by atoms with Crippen molar-refractivity contribution in [2.75, 3.05) is 12.3 Å². The Balaban J connectivity index is 2.97. The van der Waals surface area contributed by atoms with Gasteiger partial charge in [-0.2, -0.15) is 0 Å². The summed E-state index contributed by atoms with van der Waals surface area (Å²) >= 11 is 1.09. The fraction of sp³-hybridized carbons (Fsp3) is 0.550. The lowest BCUT2D eigenvalue weighted by molar-refractivity contribution is -0.384. The van der Waals surface area contributed by atoms with Gasteiger partial charge in [0.15, 0.2) is 5.12 Å². The van der Waals surface area contributed by atoms with E-state index in [0.717, 1.165) is 11.8 Å². The Morgan fingerprint density at radius 1 is 1.20 bits per heavy atom. The quantitative estimate of drug-likeness (QED) is 0.373. The van der Waals surface area contributed by atoms with Crippen molar-refractivity contribution in [2.24, 2.45) is 0 Å². The zero-order valence-electron chi connectivity index (χ0n) is 18.1. The molecule has 1 aromatic rings. The first-order chi connectivity index (χ1) is 13.8. The number of amides is 2. The van der Waals surface area contributed by atoms with Crippen LogP contribution in [0.25, 0.3) is 0 Å². The topological polar surface area (TPSA) is 119 Å². The van der Waals surface area contributed by atoms with Gasteiger partial charge in [0.25, 0.3) is 5.69 Å². The van der Waals surface area contributed by atoms with Gasteiger partial charge in [-0.1, -0.05) is 23.9 Å². The van der Waals surface area contributed by atoms with Gasteiger partial charge in [0.2, 0.25) is 0 Å². The van der Waals surface area contributed by atoms with Gasteiger partial charge in [0, 0.05) is 31.4 Å². The summed E-state index contributed by atoms with van der Waals surface area (Å²) in [5.74, 6) is -0.183. The van der Waals surface area contributed by atoms with E-state index in [1.807, 2.05) is 0 Å². The number of urea groups is 1. The molecule has 0 saturated carbocycles. The molecule has 0 aliphatic rings. The zero-order valence-corrected chi connectivity index (χ0v) is 18.9. The summed E-state index contributed by atoms with van der Waals surface area (Å²) in [6, 6.07) is 4.10. The number of nitrogens with zero attached hydrogens (tertiary/aromatic N) is 2. The lowest BCUT2D eigenvalue weighted by atomic mass is 10.1. The van der Waals surface area contributed by atoms with E-state index in [4.69, 9.17) is 4.74 Å². The Morgan fingerprint density at radius 3 is 2.23 bits per heavy atom. The van der Waals surface area contributed by atoms with Gasteiger partial charge in [0.05, 0.1) is 11.0 Å². The largest absolute Gasteiger partial charge is 0.458 e. The first-order valence-corrected chi connectivity index (χ1v) is 10.5. The Hall–Kier alpha value is -2.62. The van der Waals surface area contributed by atoms with Gasteiger partial charge in [-0.15, -0.1) is 0 Å². The summed E-state index contributed by atoms with van der Waals surface area (Å²) < 4.78 is 5.29. The van der Waals surface area contributed by atoms with Crippen LogP contribution in [0, 0.1) is 10.1 Å². The van der Waals surface area contributed by atoms with Crippen LogP contribution in [0.1, 0.15) is 53.1 Å². The second-order valence-electron chi connectivity index (χ2n) is 7.76. The fourth-order valence-electron chi connectivity index (χ4n) is 2.53. The number of thioether (sulfide) groups is 1. The minimum Gasteiger partial charge on any atom is -0.458 e. The minimum atomic E-state index is -0.872. The molecule has 1 aromatic carbocycles. The van der Waals surface area contributed by atoms with Crippen LogP contribution in [0.3, 0.4) is 0 Å². The van der Waals surface area contributed by atoms with Crippen molar-refractivity contribution in [1.29, 1.82) is 0 Å². The van der Waals surface area contributed by atoms with E-state index in [-0.39, 0.29) is 17.3 Å². The predicted octanol–water partition coefficient (Wildman–Crippen LogP) is 3.68. The van der Waals surface area contributed by atoms with Crippen LogP contribution >= 0.6 is 11.8 Å². The van der Waals surface area contributed by atoms with Crippen LogP contribution < -0.4 is 5.32 Å². The number of carbonyl (C=O) groups is 3. The lowest BCUT2D eigenvalue weighted by Gasteiger charge is -2.31. The highest BCUT2D eigenvalue weighted by Gasteiger charge is 2.27. The predicted molar refractivity (Wildman–Crippen MR) is 115 cm³/mol. The summed E-state index contributed by atoms with van der Waals surface area (Å²) in [5, 5.41) is 13.4. The number of hydrogen-bond acceptors (Lipinski definition) is 7. The molecule has 0 aliphatic carbocycles. The smallest absolute Gasteiger partial charge is 0.328 e. The third kappa shape index (κ3) is 8.40. The standard InChI is InChI=1S/C20H29N3O6S/c1-13(18(25)29-20(4,5)6)21-19(26)22(11-12-30-15(3)24)14(2)16-7-9-17(10-8-16)23(27)28/h7-10,13-14H,11-12H2,1-6H3,(H,21,26)/t13-,14?/m0/s1. The van der Waals surface area contributed by atoms with Crippen molar-refractivity contribution >= 4 is 34.6 Å². The van der Waals surface area contributed by atoms with E-state index in [0.29, 0.717) is 11.3 Å². The molecule has 0 aliphatic heterocycles. The second-order valence-corrected chi connectivity index (χ2v) is 9.03. The van der Waals surface area contributed by atoms with Crippen LogP contribution in [0.4, 0.5) is 10.5 Å². The third-order valence-electron chi connectivity index (χ3n) is 4.05. The number of carbonyl (C=O) groups excluding carboxylic acids is 3. The van der Waals surface area contributed by atoms with Gasteiger partial charge < -0.3 is 15.0 Å². The SMILES string of the molecule is CC(=O)SCCN(C(=O)N[C@@H](C)C(=O)OC(C)(C)C)C(C)c1ccc([N+](=O)[O-])cc1. The van der Waals surface area contributed by atoms with E-state index in [2.05, 4.69) is 5.32 Å². The van der Waals surface area contributed by atoms with Gasteiger partial charge in [-0.3, -0.25) is 14.9 Å². The van der Waals surface area contributed by atoms with E-state index < -0.39 is 34.6 Å². The Kier molecular flexibility index (Phi) is 9.28. The highest BCUT2D eigenvalue weighted by Crippen LogP contribution is 2.23. The van der Waals surface area contributed by atoms with E-state index in [9.17, 15) is 24.5 Å². The lowest BCUT2D eigenvalue weighted by Crippen LogP contribution is -2.49. The molecular weight excluding hydrogens is 410 g/mol. The highest BCUT2D eigenvalue weighted by molar-refractivity contribution is 8.13. The molecule has 1 N–H and O–H groups in total. The number of hydrogen-bond donors (Lipinski definition) is 1. The Bertz CT molecular complexity index is 776. The van der Waals surface area contributed by atoms with Gasteiger partial charge in [-0.05, 0) is 40.2 Å². The average molecular weight is 440 g/mol. The molecule has 0 saturated heterocycles. The molecule has 2 amide bonds. The molecule has 10 heteroatoms. The average Bonchev–Trinajstić information content (AvgIpc) is 2.63. The maximum absolute atomic E-state index is 12.9. The molecule has 1 rings (SSSR count). The summed E-state index contributed by atoms with van der Waals surface area (Å²) in [5.41, 5.74) is -0.0407. The number of nitrogens with one attached hydrogen (secondary N) is 1. The molecular formula is C20H29N3O6S. The highest BCUT2D eigenvalue weighted by atomic mass is 32.2. The number of benzene rings is 1. The van der Waals surface area contributed by atoms with Crippen molar-refractivity contribution in [1.82, 2.24) is 10.2 Å². The maximum atomic E-state index is 12.9. The molecule has 0 bridgehead atoms. The molecule has 2 atom stereocenters. The van der Waals surface area contributed by atoms with Gasteiger partial charge in [-0.25, -0.2) is 9.59 Å². The van der Waals surface area contributed by atoms with Crippen molar-refractivity contribution in [3.05, 3.63) is 39.9 Å². The molecule has 30 heavy (non-hydrogen) atoms. The molecule has 1 unspecified atom stereocenters. The van der Waals surface area contributed by atoms with Crippen molar-refractivity contribution < 1.29 is 24.0 Å². The van der Waals surface area contributed by atoms with Gasteiger partial charge >= 0.3 is 12.0 Å².